The number of hydrogen-bond acceptors (Lipinski definition) is 6. The van der Waals surface area contributed by atoms with Gasteiger partial charge in [0.15, 0.2) is 14.1 Å². The molecule has 8 heteroatoms. The van der Waals surface area contributed by atoms with Crippen LogP contribution in [0, 0.1) is 5.92 Å². The largest absolute Gasteiger partial charge is 0.461 e. The number of nitrogens with one attached hydrogen (secondary N) is 1. The molecular weight excluding hydrogens is 317 g/mol. The van der Waals surface area contributed by atoms with Gasteiger partial charge in [-0.1, -0.05) is 6.92 Å². The molecule has 2 rings (SSSR count). The first-order valence-corrected chi connectivity index (χ1v) is 9.50. The summed E-state index contributed by atoms with van der Waals surface area (Å²) in [5.74, 6) is 0.705. The summed E-state index contributed by atoms with van der Waals surface area (Å²) in [6, 6.07) is 0.186. The van der Waals surface area contributed by atoms with E-state index in [2.05, 4.69) is 17.2 Å². The molecule has 1 N–H and O–H groups in total. The van der Waals surface area contributed by atoms with E-state index in [1.54, 1.807) is 13.1 Å². The Morgan fingerprint density at radius 2 is 2.04 bits per heavy atom. The van der Waals surface area contributed by atoms with Gasteiger partial charge in [0.05, 0.1) is 19.8 Å². The van der Waals surface area contributed by atoms with Crippen LogP contribution in [0.3, 0.4) is 0 Å². The molecule has 1 aromatic heterocycles. The third-order valence-electron chi connectivity index (χ3n) is 3.70. The molecule has 1 aliphatic rings. The minimum absolute atomic E-state index is 0.186. The standard InChI is InChI=1S/C15H26N3O4P/c1-5-20-14(19)12-9-18-13(10-23(21-6-2)22-7-3)11(4)8-16-15(18)17-12/h9,11,13H,5-8,10H2,1-4H3,(H,16,17). The van der Waals surface area contributed by atoms with Gasteiger partial charge < -0.3 is 23.7 Å². The SMILES string of the molecule is CCOC(=O)c1cn2c(n1)NCC(C)C2CP(OCC)OCC. The first-order valence-electron chi connectivity index (χ1n) is 8.13. The van der Waals surface area contributed by atoms with E-state index < -0.39 is 8.38 Å². The van der Waals surface area contributed by atoms with Crippen LogP contribution in [-0.4, -0.2) is 48.0 Å². The Kier molecular flexibility index (Phi) is 6.81. The molecule has 0 bridgehead atoms. The molecule has 0 aromatic carbocycles. The van der Waals surface area contributed by atoms with Gasteiger partial charge in [-0.3, -0.25) is 0 Å². The van der Waals surface area contributed by atoms with Gasteiger partial charge in [0.25, 0.3) is 0 Å². The fourth-order valence-corrected chi connectivity index (χ4v) is 4.30. The highest BCUT2D eigenvalue weighted by Crippen LogP contribution is 2.44. The van der Waals surface area contributed by atoms with Gasteiger partial charge in [-0.2, -0.15) is 0 Å². The molecule has 0 aliphatic carbocycles. The maximum Gasteiger partial charge on any atom is 0.358 e. The Labute approximate surface area is 138 Å². The summed E-state index contributed by atoms with van der Waals surface area (Å²) in [4.78, 5) is 16.3. The number of carbonyl (C=O) groups is 1. The van der Waals surface area contributed by atoms with E-state index in [1.807, 2.05) is 18.4 Å². The van der Waals surface area contributed by atoms with Crippen molar-refractivity contribution in [2.45, 2.75) is 33.7 Å². The molecule has 0 amide bonds. The Morgan fingerprint density at radius 1 is 1.35 bits per heavy atom. The lowest BCUT2D eigenvalue weighted by atomic mass is 10.0. The fraction of sp³-hybridized carbons (Fsp3) is 0.733. The monoisotopic (exact) mass is 343 g/mol. The Hall–Kier alpha value is -1.17. The van der Waals surface area contributed by atoms with Crippen LogP contribution in [0.25, 0.3) is 0 Å². The fourth-order valence-electron chi connectivity index (χ4n) is 2.59. The summed E-state index contributed by atoms with van der Waals surface area (Å²) in [6.07, 6.45) is 2.55. The second-order valence-corrected chi connectivity index (χ2v) is 6.90. The number of fused-ring (bicyclic) bond motifs is 1. The number of rotatable bonds is 8. The van der Waals surface area contributed by atoms with Crippen molar-refractivity contribution in [3.63, 3.8) is 0 Å². The number of anilines is 1. The quantitative estimate of drug-likeness (QED) is 0.578. The molecule has 130 valence electrons. The second-order valence-electron chi connectivity index (χ2n) is 5.35. The minimum Gasteiger partial charge on any atom is -0.461 e. The van der Waals surface area contributed by atoms with E-state index in [9.17, 15) is 4.79 Å². The number of nitrogens with zero attached hydrogens (tertiary/aromatic N) is 2. The third-order valence-corrected chi connectivity index (χ3v) is 5.46. The molecule has 2 atom stereocenters. The van der Waals surface area contributed by atoms with Gasteiger partial charge in [0.2, 0.25) is 5.95 Å². The second kappa shape index (κ2) is 8.62. The number of ether oxygens (including phenoxy) is 1. The molecule has 0 radical (unpaired) electrons. The summed E-state index contributed by atoms with van der Waals surface area (Å²) in [7, 11) is -0.940. The summed E-state index contributed by atoms with van der Waals surface area (Å²) >= 11 is 0. The summed E-state index contributed by atoms with van der Waals surface area (Å²) < 4.78 is 18.5. The first kappa shape index (κ1) is 18.2. The van der Waals surface area contributed by atoms with Crippen LogP contribution in [0.5, 0.6) is 0 Å². The van der Waals surface area contributed by atoms with Crippen LogP contribution in [-0.2, 0) is 13.8 Å². The van der Waals surface area contributed by atoms with E-state index in [0.29, 0.717) is 37.4 Å². The number of imidazole rings is 1. The molecule has 7 nitrogen and oxygen atoms in total. The zero-order chi connectivity index (χ0) is 16.8. The van der Waals surface area contributed by atoms with E-state index in [4.69, 9.17) is 13.8 Å². The topological polar surface area (TPSA) is 74.6 Å². The zero-order valence-electron chi connectivity index (χ0n) is 14.2. The zero-order valence-corrected chi connectivity index (χ0v) is 15.1. The molecule has 1 aliphatic heterocycles. The number of hydrogen-bond donors (Lipinski definition) is 1. The van der Waals surface area contributed by atoms with Crippen LogP contribution >= 0.6 is 8.38 Å². The highest BCUT2D eigenvalue weighted by atomic mass is 31.2. The van der Waals surface area contributed by atoms with Crippen molar-refractivity contribution in [1.82, 2.24) is 9.55 Å². The van der Waals surface area contributed by atoms with Crippen LogP contribution < -0.4 is 5.32 Å². The predicted molar refractivity (Wildman–Crippen MR) is 89.9 cm³/mol. The first-order chi connectivity index (χ1) is 11.1. The van der Waals surface area contributed by atoms with Crippen molar-refractivity contribution in [3.8, 4) is 0 Å². The van der Waals surface area contributed by atoms with Crippen molar-refractivity contribution < 1.29 is 18.6 Å². The number of carbonyl (C=O) groups excluding carboxylic acids is 1. The molecule has 2 unspecified atom stereocenters. The highest BCUT2D eigenvalue weighted by Gasteiger charge is 2.31. The van der Waals surface area contributed by atoms with Crippen molar-refractivity contribution in [1.29, 1.82) is 0 Å². The van der Waals surface area contributed by atoms with E-state index in [1.165, 1.54) is 0 Å². The maximum atomic E-state index is 11.9. The molecule has 0 saturated heterocycles. The lowest BCUT2D eigenvalue weighted by Crippen LogP contribution is -2.32. The number of esters is 1. The molecule has 2 heterocycles. The van der Waals surface area contributed by atoms with Crippen molar-refractivity contribution in [3.05, 3.63) is 11.9 Å². The Balaban J connectivity index is 2.19. The molecule has 0 saturated carbocycles. The maximum absolute atomic E-state index is 11.9. The van der Waals surface area contributed by atoms with Crippen molar-refractivity contribution in [2.24, 2.45) is 5.92 Å². The summed E-state index contributed by atoms with van der Waals surface area (Å²) in [5.41, 5.74) is 0.339. The van der Waals surface area contributed by atoms with Crippen LogP contribution in [0.2, 0.25) is 0 Å². The van der Waals surface area contributed by atoms with Crippen LogP contribution in [0.15, 0.2) is 6.20 Å². The summed E-state index contributed by atoms with van der Waals surface area (Å²) in [6.45, 7) is 10.3. The van der Waals surface area contributed by atoms with E-state index in [-0.39, 0.29) is 12.0 Å². The minimum atomic E-state index is -0.940. The van der Waals surface area contributed by atoms with Gasteiger partial charge in [-0.15, -0.1) is 0 Å². The van der Waals surface area contributed by atoms with Gasteiger partial charge >= 0.3 is 5.97 Å². The molecular formula is C15H26N3O4P. The van der Waals surface area contributed by atoms with Gasteiger partial charge in [-0.25, -0.2) is 9.78 Å². The number of aromatic nitrogens is 2. The van der Waals surface area contributed by atoms with E-state index in [0.717, 1.165) is 12.7 Å². The van der Waals surface area contributed by atoms with Gasteiger partial charge in [0.1, 0.15) is 0 Å². The smallest absolute Gasteiger partial charge is 0.358 e. The van der Waals surface area contributed by atoms with Crippen molar-refractivity contribution in [2.75, 3.05) is 37.8 Å². The van der Waals surface area contributed by atoms with E-state index >= 15 is 0 Å². The molecule has 23 heavy (non-hydrogen) atoms. The molecule has 0 fully saturated rings. The lowest BCUT2D eigenvalue weighted by molar-refractivity contribution is 0.0520. The normalized spacial score (nSPS) is 20.2. The molecule has 0 spiro atoms. The lowest BCUT2D eigenvalue weighted by Gasteiger charge is -2.33. The average molecular weight is 343 g/mol. The van der Waals surface area contributed by atoms with Crippen LogP contribution in [0.1, 0.15) is 44.2 Å². The van der Waals surface area contributed by atoms with Crippen LogP contribution in [0.4, 0.5) is 5.95 Å². The molecule has 1 aromatic rings. The Bertz CT molecular complexity index is 517. The average Bonchev–Trinajstić information content (AvgIpc) is 2.95. The highest BCUT2D eigenvalue weighted by molar-refractivity contribution is 7.47. The summed E-state index contributed by atoms with van der Waals surface area (Å²) in [5, 5.41) is 3.27. The Morgan fingerprint density at radius 3 is 2.65 bits per heavy atom. The van der Waals surface area contributed by atoms with Crippen molar-refractivity contribution >= 4 is 20.3 Å². The van der Waals surface area contributed by atoms with Gasteiger partial charge in [-0.05, 0) is 26.7 Å². The predicted octanol–water partition coefficient (Wildman–Crippen LogP) is 3.05. The third kappa shape index (κ3) is 4.43. The van der Waals surface area contributed by atoms with Gasteiger partial charge in [0, 0.05) is 24.9 Å².